The molecular weight excluding hydrogens is 574 g/mol. The molecule has 3 aromatic rings. The first-order valence-electron chi connectivity index (χ1n) is 13.7. The molecule has 11 heteroatoms. The normalized spacial score (nSPS) is 13.6. The zero-order valence-corrected chi connectivity index (χ0v) is 23.9. The molecule has 2 N–H and O–H groups in total. The number of alkyl halides is 6. The molecule has 43 heavy (non-hydrogen) atoms. The molecule has 0 aliphatic rings. The van der Waals surface area contributed by atoms with E-state index in [0.717, 1.165) is 16.0 Å². The first-order chi connectivity index (χ1) is 20.1. The van der Waals surface area contributed by atoms with Gasteiger partial charge < -0.3 is 15.3 Å². The van der Waals surface area contributed by atoms with Crippen LogP contribution >= 0.6 is 0 Å². The summed E-state index contributed by atoms with van der Waals surface area (Å²) in [5.41, 5.74) is -2.51. The monoisotopic (exact) mass is 608 g/mol. The second kappa shape index (κ2) is 14.1. The van der Waals surface area contributed by atoms with Gasteiger partial charge in [0.25, 0.3) is 5.91 Å². The molecule has 232 valence electrons. The van der Waals surface area contributed by atoms with Crippen LogP contribution in [0.5, 0.6) is 0 Å². The highest BCUT2D eigenvalue weighted by atomic mass is 19.4. The Balaban J connectivity index is 2.10. The zero-order valence-electron chi connectivity index (χ0n) is 23.9. The molecule has 0 aliphatic heterocycles. The minimum absolute atomic E-state index is 0.0177. The van der Waals surface area contributed by atoms with Gasteiger partial charge in [-0.3, -0.25) is 9.59 Å². The predicted octanol–water partition coefficient (Wildman–Crippen LogP) is 6.91. The van der Waals surface area contributed by atoms with Gasteiger partial charge in [-0.2, -0.15) is 26.3 Å². The second-order valence-corrected chi connectivity index (χ2v) is 10.7. The number of hydrogen-bond acceptors (Lipinski definition) is 3. The van der Waals surface area contributed by atoms with Gasteiger partial charge in [-0.1, -0.05) is 74.5 Å². The SMILES string of the molecule is CC(C)[C@@H](CO)NC(=O)CC[C@@H](C(c1ccccc1)c1ccccc1)N(C)C(=O)c1cc(C(F)(F)F)cc(C(F)(F)F)c1. The highest BCUT2D eigenvalue weighted by Crippen LogP contribution is 2.38. The van der Waals surface area contributed by atoms with Gasteiger partial charge >= 0.3 is 12.4 Å². The number of rotatable bonds is 11. The Morgan fingerprint density at radius 2 is 1.28 bits per heavy atom. The lowest BCUT2D eigenvalue weighted by molar-refractivity contribution is -0.143. The Kier molecular flexibility index (Phi) is 11.0. The van der Waals surface area contributed by atoms with Gasteiger partial charge in [-0.25, -0.2) is 0 Å². The number of aliphatic hydroxyl groups is 1. The van der Waals surface area contributed by atoms with Gasteiger partial charge in [0.1, 0.15) is 0 Å². The molecule has 2 atom stereocenters. The maximum absolute atomic E-state index is 13.7. The van der Waals surface area contributed by atoms with E-state index in [-0.39, 0.29) is 31.4 Å². The summed E-state index contributed by atoms with van der Waals surface area (Å²) >= 11 is 0. The third-order valence-corrected chi connectivity index (χ3v) is 7.37. The fourth-order valence-corrected chi connectivity index (χ4v) is 4.96. The van der Waals surface area contributed by atoms with Gasteiger partial charge in [0.15, 0.2) is 0 Å². The number of nitrogens with one attached hydrogen (secondary N) is 1. The van der Waals surface area contributed by atoms with Crippen molar-refractivity contribution < 1.29 is 41.0 Å². The molecule has 0 radical (unpaired) electrons. The van der Waals surface area contributed by atoms with E-state index in [1.165, 1.54) is 7.05 Å². The predicted molar refractivity (Wildman–Crippen MR) is 150 cm³/mol. The topological polar surface area (TPSA) is 69.6 Å². The summed E-state index contributed by atoms with van der Waals surface area (Å²) in [4.78, 5) is 27.8. The van der Waals surface area contributed by atoms with Crippen LogP contribution in [-0.4, -0.2) is 47.6 Å². The van der Waals surface area contributed by atoms with Crippen molar-refractivity contribution in [1.29, 1.82) is 0 Å². The van der Waals surface area contributed by atoms with Crippen molar-refractivity contribution in [2.24, 2.45) is 5.92 Å². The molecule has 5 nitrogen and oxygen atoms in total. The fourth-order valence-electron chi connectivity index (χ4n) is 4.96. The lowest BCUT2D eigenvalue weighted by Gasteiger charge is -2.36. The van der Waals surface area contributed by atoms with Crippen LogP contribution in [0.25, 0.3) is 0 Å². The molecule has 0 saturated carbocycles. The van der Waals surface area contributed by atoms with E-state index < -0.39 is 58.9 Å². The lowest BCUT2D eigenvalue weighted by atomic mass is 9.82. The number of benzene rings is 3. The van der Waals surface area contributed by atoms with Crippen LogP contribution in [0, 0.1) is 5.92 Å². The number of aliphatic hydroxyl groups excluding tert-OH is 1. The lowest BCUT2D eigenvalue weighted by Crippen LogP contribution is -2.44. The quantitative estimate of drug-likeness (QED) is 0.233. The maximum atomic E-state index is 13.7. The number of hydrogen-bond donors (Lipinski definition) is 2. The Morgan fingerprint density at radius 3 is 1.67 bits per heavy atom. The number of carbonyl (C=O) groups excluding carboxylic acids is 2. The average Bonchev–Trinajstić information content (AvgIpc) is 2.96. The van der Waals surface area contributed by atoms with E-state index in [2.05, 4.69) is 5.32 Å². The maximum Gasteiger partial charge on any atom is 0.416 e. The Hall–Kier alpha value is -3.86. The number of halogens is 6. The molecule has 3 rings (SSSR count). The fraction of sp³-hybridized carbons (Fsp3) is 0.375. The van der Waals surface area contributed by atoms with Gasteiger partial charge in [0.2, 0.25) is 5.91 Å². The molecule has 0 aliphatic carbocycles. The third-order valence-electron chi connectivity index (χ3n) is 7.37. The van der Waals surface area contributed by atoms with E-state index in [4.69, 9.17) is 0 Å². The van der Waals surface area contributed by atoms with Crippen molar-refractivity contribution in [3.63, 3.8) is 0 Å². The van der Waals surface area contributed by atoms with Crippen LogP contribution < -0.4 is 5.32 Å². The number of carbonyl (C=O) groups is 2. The molecule has 0 saturated heterocycles. The standard InChI is InChI=1S/C32H34F6N2O3/c1-20(2)26(19-41)39-28(42)15-14-27(29(21-10-6-4-7-11-21)22-12-8-5-9-13-22)40(3)30(43)23-16-24(31(33,34)35)18-25(17-23)32(36,37)38/h4-13,16-18,20,26-27,29,41H,14-15,19H2,1-3H3,(H,39,42)/t26-,27+/m1/s1. The van der Waals surface area contributed by atoms with Gasteiger partial charge in [-0.15, -0.1) is 0 Å². The van der Waals surface area contributed by atoms with Gasteiger partial charge in [-0.05, 0) is 41.7 Å². The second-order valence-electron chi connectivity index (χ2n) is 10.7. The highest BCUT2D eigenvalue weighted by molar-refractivity contribution is 5.95. The Bertz CT molecular complexity index is 1290. The number of likely N-dealkylation sites (N-methyl/N-ethyl adjacent to an activating group) is 1. The van der Waals surface area contributed by atoms with Crippen LogP contribution in [0.3, 0.4) is 0 Å². The molecule has 0 unspecified atom stereocenters. The largest absolute Gasteiger partial charge is 0.416 e. The number of nitrogens with zero attached hydrogens (tertiary/aromatic N) is 1. The molecule has 3 aromatic carbocycles. The van der Waals surface area contributed by atoms with Gasteiger partial charge in [0.05, 0.1) is 23.8 Å². The van der Waals surface area contributed by atoms with Crippen molar-refractivity contribution >= 4 is 11.8 Å². The van der Waals surface area contributed by atoms with E-state index >= 15 is 0 Å². The Morgan fingerprint density at radius 1 is 0.814 bits per heavy atom. The molecule has 0 fully saturated rings. The molecule has 0 aromatic heterocycles. The van der Waals surface area contributed by atoms with Gasteiger partial charge in [0, 0.05) is 31.0 Å². The summed E-state index contributed by atoms with van der Waals surface area (Å²) in [6.45, 7) is 3.35. The zero-order chi connectivity index (χ0) is 31.9. The van der Waals surface area contributed by atoms with Crippen LogP contribution in [0.1, 0.15) is 65.2 Å². The summed E-state index contributed by atoms with van der Waals surface area (Å²) in [5, 5.41) is 12.4. The van der Waals surface area contributed by atoms with Crippen LogP contribution in [0.2, 0.25) is 0 Å². The minimum Gasteiger partial charge on any atom is -0.394 e. The Labute approximate surface area is 246 Å². The molecule has 2 amide bonds. The summed E-state index contributed by atoms with van der Waals surface area (Å²) in [6, 6.07) is 17.3. The smallest absolute Gasteiger partial charge is 0.394 e. The van der Waals surface area contributed by atoms with Crippen molar-refractivity contribution in [3.05, 3.63) is 107 Å². The van der Waals surface area contributed by atoms with E-state index in [1.807, 2.05) is 13.8 Å². The van der Waals surface area contributed by atoms with Crippen molar-refractivity contribution in [2.75, 3.05) is 13.7 Å². The molecule has 0 heterocycles. The summed E-state index contributed by atoms with van der Waals surface area (Å²) < 4.78 is 81.5. The summed E-state index contributed by atoms with van der Waals surface area (Å²) in [6.07, 6.45) is -10.4. The average molecular weight is 609 g/mol. The van der Waals surface area contributed by atoms with E-state index in [9.17, 15) is 41.0 Å². The summed E-state index contributed by atoms with van der Waals surface area (Å²) in [7, 11) is 1.31. The van der Waals surface area contributed by atoms with E-state index in [1.54, 1.807) is 60.7 Å². The first kappa shape index (κ1) is 33.6. The number of amides is 2. The van der Waals surface area contributed by atoms with Crippen LogP contribution in [-0.2, 0) is 17.1 Å². The minimum atomic E-state index is -5.12. The summed E-state index contributed by atoms with van der Waals surface area (Å²) in [5.74, 6) is -2.14. The van der Waals surface area contributed by atoms with Crippen LogP contribution in [0.15, 0.2) is 78.9 Å². The van der Waals surface area contributed by atoms with Crippen LogP contribution in [0.4, 0.5) is 26.3 Å². The first-order valence-corrected chi connectivity index (χ1v) is 13.7. The third kappa shape index (κ3) is 8.82. The van der Waals surface area contributed by atoms with Crippen molar-refractivity contribution in [2.45, 2.75) is 57.0 Å². The highest BCUT2D eigenvalue weighted by Gasteiger charge is 2.39. The van der Waals surface area contributed by atoms with Crippen molar-refractivity contribution in [1.82, 2.24) is 10.2 Å². The molecule has 0 spiro atoms. The van der Waals surface area contributed by atoms with Crippen molar-refractivity contribution in [3.8, 4) is 0 Å². The molecular formula is C32H34F6N2O3. The molecule has 0 bridgehead atoms. The van der Waals surface area contributed by atoms with E-state index in [0.29, 0.717) is 12.1 Å².